The van der Waals surface area contributed by atoms with Crippen LogP contribution in [0, 0.1) is 5.41 Å². The van der Waals surface area contributed by atoms with Gasteiger partial charge in [-0.25, -0.2) is 9.78 Å². The summed E-state index contributed by atoms with van der Waals surface area (Å²) in [7, 11) is 0. The van der Waals surface area contributed by atoms with Crippen LogP contribution >= 0.6 is 0 Å². The third-order valence-electron chi connectivity index (χ3n) is 3.36. The second-order valence-electron chi connectivity index (χ2n) is 4.76. The number of amides is 1. The average molecular weight is 268 g/mol. The number of carboxylic acid groups (broad SMARTS) is 1. The van der Waals surface area contributed by atoms with Crippen molar-refractivity contribution in [3.8, 4) is 0 Å². The summed E-state index contributed by atoms with van der Waals surface area (Å²) in [6, 6.07) is -0.995. The van der Waals surface area contributed by atoms with E-state index in [4.69, 9.17) is 10.8 Å². The highest BCUT2D eigenvalue weighted by molar-refractivity contribution is 5.87. The van der Waals surface area contributed by atoms with Crippen LogP contribution in [0.5, 0.6) is 0 Å². The number of carboxylic acids is 1. The van der Waals surface area contributed by atoms with E-state index in [1.54, 1.807) is 6.92 Å². The first-order valence-corrected chi connectivity index (χ1v) is 6.14. The zero-order valence-electron chi connectivity index (χ0n) is 11.1. The molecule has 1 amide bonds. The number of imidazole rings is 1. The number of aromatic nitrogens is 2. The van der Waals surface area contributed by atoms with Gasteiger partial charge in [0.2, 0.25) is 5.91 Å². The van der Waals surface area contributed by atoms with E-state index in [0.717, 1.165) is 0 Å². The fourth-order valence-corrected chi connectivity index (χ4v) is 1.55. The first kappa shape index (κ1) is 15.2. The molecule has 0 saturated heterocycles. The van der Waals surface area contributed by atoms with Crippen molar-refractivity contribution in [1.82, 2.24) is 15.3 Å². The average Bonchev–Trinajstić information content (AvgIpc) is 2.89. The first-order chi connectivity index (χ1) is 8.92. The van der Waals surface area contributed by atoms with Crippen LogP contribution in [0.2, 0.25) is 0 Å². The number of carbonyl (C=O) groups excluding carboxylic acids is 1. The molecule has 5 N–H and O–H groups in total. The summed E-state index contributed by atoms with van der Waals surface area (Å²) in [6.45, 7) is 3.74. The number of rotatable bonds is 7. The van der Waals surface area contributed by atoms with E-state index in [1.807, 2.05) is 6.92 Å². The molecule has 19 heavy (non-hydrogen) atoms. The molecule has 1 aromatic heterocycles. The Hall–Kier alpha value is -1.89. The Morgan fingerprint density at radius 3 is 2.74 bits per heavy atom. The van der Waals surface area contributed by atoms with Crippen molar-refractivity contribution < 1.29 is 14.7 Å². The standard InChI is InChI=1S/C12H20N4O3/c1-3-12(2,6-13)11(19)16-9(10(17)18)4-8-5-14-7-15-8/h5,7,9H,3-4,6,13H2,1-2H3,(H,14,15)(H,16,19)(H,17,18)/t9-,12?/m1/s1. The van der Waals surface area contributed by atoms with Crippen molar-refractivity contribution in [3.05, 3.63) is 18.2 Å². The van der Waals surface area contributed by atoms with Gasteiger partial charge < -0.3 is 21.1 Å². The predicted octanol–water partition coefficient (Wildman–Crippen LogP) is -0.103. The number of H-pyrrole nitrogens is 1. The third kappa shape index (κ3) is 3.78. The quantitative estimate of drug-likeness (QED) is 0.550. The molecule has 0 aliphatic heterocycles. The van der Waals surface area contributed by atoms with Gasteiger partial charge in [0.15, 0.2) is 0 Å². The molecule has 0 radical (unpaired) electrons. The molecular formula is C12H20N4O3. The van der Waals surface area contributed by atoms with Crippen LogP contribution in [-0.2, 0) is 16.0 Å². The van der Waals surface area contributed by atoms with Crippen LogP contribution in [0.3, 0.4) is 0 Å². The molecule has 0 aromatic carbocycles. The predicted molar refractivity (Wildman–Crippen MR) is 69.3 cm³/mol. The summed E-state index contributed by atoms with van der Waals surface area (Å²) in [5.41, 5.74) is 5.49. The minimum absolute atomic E-state index is 0.158. The lowest BCUT2D eigenvalue weighted by Gasteiger charge is -2.27. The number of aromatic amines is 1. The Morgan fingerprint density at radius 1 is 1.63 bits per heavy atom. The second-order valence-corrected chi connectivity index (χ2v) is 4.76. The maximum absolute atomic E-state index is 12.1. The number of nitrogens with two attached hydrogens (primary N) is 1. The van der Waals surface area contributed by atoms with E-state index in [0.29, 0.717) is 12.1 Å². The van der Waals surface area contributed by atoms with Gasteiger partial charge >= 0.3 is 5.97 Å². The van der Waals surface area contributed by atoms with Crippen molar-refractivity contribution in [3.63, 3.8) is 0 Å². The molecule has 0 fully saturated rings. The van der Waals surface area contributed by atoms with Crippen molar-refractivity contribution in [1.29, 1.82) is 0 Å². The number of nitrogens with one attached hydrogen (secondary N) is 2. The summed E-state index contributed by atoms with van der Waals surface area (Å²) in [5, 5.41) is 11.7. The van der Waals surface area contributed by atoms with Crippen molar-refractivity contribution >= 4 is 11.9 Å². The van der Waals surface area contributed by atoms with Crippen LogP contribution < -0.4 is 11.1 Å². The van der Waals surface area contributed by atoms with E-state index >= 15 is 0 Å². The molecule has 7 nitrogen and oxygen atoms in total. The Morgan fingerprint density at radius 2 is 2.32 bits per heavy atom. The summed E-state index contributed by atoms with van der Waals surface area (Å²) in [4.78, 5) is 29.9. The lowest BCUT2D eigenvalue weighted by atomic mass is 9.86. The van der Waals surface area contributed by atoms with Gasteiger partial charge in [-0.2, -0.15) is 0 Å². The normalized spacial score (nSPS) is 15.5. The van der Waals surface area contributed by atoms with E-state index in [2.05, 4.69) is 15.3 Å². The van der Waals surface area contributed by atoms with Crippen LogP contribution in [0.1, 0.15) is 26.0 Å². The monoisotopic (exact) mass is 268 g/mol. The summed E-state index contributed by atoms with van der Waals surface area (Å²) >= 11 is 0. The molecule has 7 heteroatoms. The zero-order valence-corrected chi connectivity index (χ0v) is 11.1. The van der Waals surface area contributed by atoms with Gasteiger partial charge in [-0.15, -0.1) is 0 Å². The molecule has 2 atom stereocenters. The Kier molecular flexibility index (Phi) is 5.05. The van der Waals surface area contributed by atoms with E-state index < -0.39 is 17.4 Å². The molecule has 1 aromatic rings. The molecule has 0 bridgehead atoms. The summed E-state index contributed by atoms with van der Waals surface area (Å²) < 4.78 is 0. The number of aliphatic carboxylic acids is 1. The first-order valence-electron chi connectivity index (χ1n) is 6.14. The number of carbonyl (C=O) groups is 2. The topological polar surface area (TPSA) is 121 Å². The molecule has 1 rings (SSSR count). The minimum atomic E-state index is -1.08. The third-order valence-corrected chi connectivity index (χ3v) is 3.36. The molecule has 0 aliphatic rings. The Labute approximate surface area is 111 Å². The van der Waals surface area contributed by atoms with Gasteiger partial charge in [0, 0.05) is 24.9 Å². The minimum Gasteiger partial charge on any atom is -0.480 e. The molecule has 0 saturated carbocycles. The van der Waals surface area contributed by atoms with Gasteiger partial charge in [0.25, 0.3) is 0 Å². The molecule has 1 unspecified atom stereocenters. The van der Waals surface area contributed by atoms with Gasteiger partial charge in [-0.1, -0.05) is 6.92 Å². The van der Waals surface area contributed by atoms with E-state index in [9.17, 15) is 9.59 Å². The Balaban J connectivity index is 2.74. The maximum Gasteiger partial charge on any atom is 0.326 e. The number of hydrogen-bond donors (Lipinski definition) is 4. The van der Waals surface area contributed by atoms with Gasteiger partial charge in [0.05, 0.1) is 11.7 Å². The van der Waals surface area contributed by atoms with Crippen molar-refractivity contribution in [2.24, 2.45) is 11.1 Å². The van der Waals surface area contributed by atoms with Gasteiger partial charge in [-0.05, 0) is 13.3 Å². The van der Waals surface area contributed by atoms with Crippen LogP contribution in [0.15, 0.2) is 12.5 Å². The smallest absolute Gasteiger partial charge is 0.326 e. The lowest BCUT2D eigenvalue weighted by Crippen LogP contribution is -2.50. The molecular weight excluding hydrogens is 248 g/mol. The van der Waals surface area contributed by atoms with Crippen molar-refractivity contribution in [2.45, 2.75) is 32.7 Å². The molecule has 106 valence electrons. The number of hydrogen-bond acceptors (Lipinski definition) is 4. The number of nitrogens with zero attached hydrogens (tertiary/aromatic N) is 1. The highest BCUT2D eigenvalue weighted by atomic mass is 16.4. The lowest BCUT2D eigenvalue weighted by molar-refractivity contribution is -0.143. The highest BCUT2D eigenvalue weighted by Crippen LogP contribution is 2.19. The maximum atomic E-state index is 12.1. The molecule has 0 spiro atoms. The summed E-state index contributed by atoms with van der Waals surface area (Å²) in [5.74, 6) is -1.43. The molecule has 0 aliphatic carbocycles. The van der Waals surface area contributed by atoms with E-state index in [-0.39, 0.29) is 18.9 Å². The second kappa shape index (κ2) is 6.33. The van der Waals surface area contributed by atoms with Crippen LogP contribution in [-0.4, -0.2) is 39.5 Å². The molecule has 1 heterocycles. The largest absolute Gasteiger partial charge is 0.480 e. The van der Waals surface area contributed by atoms with Crippen LogP contribution in [0.25, 0.3) is 0 Å². The fourth-order valence-electron chi connectivity index (χ4n) is 1.55. The van der Waals surface area contributed by atoms with Crippen LogP contribution in [0.4, 0.5) is 0 Å². The van der Waals surface area contributed by atoms with Gasteiger partial charge in [-0.3, -0.25) is 4.79 Å². The highest BCUT2D eigenvalue weighted by Gasteiger charge is 2.33. The van der Waals surface area contributed by atoms with Gasteiger partial charge in [0.1, 0.15) is 6.04 Å². The SMILES string of the molecule is CCC(C)(CN)C(=O)N[C@H](Cc1cnc[nH]1)C(=O)O. The fraction of sp³-hybridized carbons (Fsp3) is 0.583. The van der Waals surface area contributed by atoms with E-state index in [1.165, 1.54) is 12.5 Å². The zero-order chi connectivity index (χ0) is 14.5. The Bertz CT molecular complexity index is 426. The van der Waals surface area contributed by atoms with Crippen molar-refractivity contribution in [2.75, 3.05) is 6.54 Å². The summed E-state index contributed by atoms with van der Waals surface area (Å²) in [6.07, 6.45) is 3.70.